The normalized spacial score (nSPS) is 23.4. The standard InChI is InChI=1S/C7H9N3O2/c1-4-9-7(12-10-4)6-2-5(11)3-8-6/h6,8H,2-3H2,1H3/t6-/m0/s1. The van der Waals surface area contributed by atoms with Gasteiger partial charge in [-0.1, -0.05) is 5.16 Å². The Labute approximate surface area is 69.1 Å². The number of hydrogen-bond donors (Lipinski definition) is 1. The molecule has 5 nitrogen and oxygen atoms in total. The van der Waals surface area contributed by atoms with Crippen molar-refractivity contribution in [2.24, 2.45) is 0 Å². The fraction of sp³-hybridized carbons (Fsp3) is 0.571. The van der Waals surface area contributed by atoms with Gasteiger partial charge >= 0.3 is 0 Å². The molecule has 12 heavy (non-hydrogen) atoms. The van der Waals surface area contributed by atoms with Gasteiger partial charge in [-0.25, -0.2) is 0 Å². The number of ketones is 1. The third-order valence-corrected chi connectivity index (χ3v) is 1.82. The topological polar surface area (TPSA) is 68.0 Å². The van der Waals surface area contributed by atoms with Crippen LogP contribution in [0.15, 0.2) is 4.52 Å². The maximum atomic E-state index is 10.9. The number of Topliss-reactive ketones (excluding diaryl/α,β-unsaturated/α-hetero) is 1. The first-order chi connectivity index (χ1) is 5.75. The largest absolute Gasteiger partial charge is 0.338 e. The van der Waals surface area contributed by atoms with Crippen LogP contribution in [-0.2, 0) is 4.79 Å². The van der Waals surface area contributed by atoms with Crippen LogP contribution >= 0.6 is 0 Å². The van der Waals surface area contributed by atoms with E-state index in [2.05, 4.69) is 15.5 Å². The summed E-state index contributed by atoms with van der Waals surface area (Å²) in [6.07, 6.45) is 0.460. The van der Waals surface area contributed by atoms with Gasteiger partial charge in [-0.05, 0) is 6.92 Å². The SMILES string of the molecule is Cc1noc([C@@H]2CC(=O)CN2)n1. The van der Waals surface area contributed by atoms with Crippen LogP contribution in [0.5, 0.6) is 0 Å². The lowest BCUT2D eigenvalue weighted by Crippen LogP contribution is -2.13. The van der Waals surface area contributed by atoms with E-state index in [1.165, 1.54) is 0 Å². The molecule has 1 aromatic heterocycles. The summed E-state index contributed by atoms with van der Waals surface area (Å²) < 4.78 is 4.92. The van der Waals surface area contributed by atoms with Gasteiger partial charge in [0.15, 0.2) is 5.82 Å². The minimum Gasteiger partial charge on any atom is -0.338 e. The molecule has 0 aromatic carbocycles. The van der Waals surface area contributed by atoms with Crippen LogP contribution in [0, 0.1) is 6.92 Å². The lowest BCUT2D eigenvalue weighted by Gasteiger charge is -1.99. The highest BCUT2D eigenvalue weighted by Gasteiger charge is 2.26. The first-order valence-corrected chi connectivity index (χ1v) is 3.81. The molecule has 64 valence electrons. The van der Waals surface area contributed by atoms with E-state index in [1.807, 2.05) is 0 Å². The zero-order chi connectivity index (χ0) is 8.55. The third kappa shape index (κ3) is 1.23. The molecule has 0 bridgehead atoms. The first kappa shape index (κ1) is 7.42. The van der Waals surface area contributed by atoms with Crippen molar-refractivity contribution < 1.29 is 9.32 Å². The number of hydrogen-bond acceptors (Lipinski definition) is 5. The Bertz CT molecular complexity index is 307. The number of nitrogens with one attached hydrogen (secondary N) is 1. The summed E-state index contributed by atoms with van der Waals surface area (Å²) in [5, 5.41) is 6.64. The Hall–Kier alpha value is -1.23. The van der Waals surface area contributed by atoms with Gasteiger partial charge in [-0.3, -0.25) is 10.1 Å². The summed E-state index contributed by atoms with van der Waals surface area (Å²) in [7, 11) is 0. The molecular formula is C7H9N3O2. The zero-order valence-corrected chi connectivity index (χ0v) is 6.70. The Morgan fingerprint density at radius 3 is 3.00 bits per heavy atom. The quantitative estimate of drug-likeness (QED) is 0.636. The Balaban J connectivity index is 2.15. The average Bonchev–Trinajstić information content (AvgIpc) is 2.58. The lowest BCUT2D eigenvalue weighted by molar-refractivity contribution is -0.116. The molecule has 1 aliphatic heterocycles. The smallest absolute Gasteiger partial charge is 0.244 e. The zero-order valence-electron chi connectivity index (χ0n) is 6.70. The number of nitrogens with zero attached hydrogens (tertiary/aromatic N) is 2. The van der Waals surface area contributed by atoms with Crippen LogP contribution in [0.25, 0.3) is 0 Å². The maximum absolute atomic E-state index is 10.9. The summed E-state index contributed by atoms with van der Waals surface area (Å²) in [4.78, 5) is 14.9. The van der Waals surface area contributed by atoms with Crippen LogP contribution in [0.2, 0.25) is 0 Å². The molecule has 0 amide bonds. The number of carbonyl (C=O) groups is 1. The van der Waals surface area contributed by atoms with E-state index < -0.39 is 0 Å². The molecule has 1 saturated heterocycles. The Morgan fingerprint density at radius 1 is 1.67 bits per heavy atom. The molecular weight excluding hydrogens is 158 g/mol. The Kier molecular flexibility index (Phi) is 1.65. The molecule has 0 saturated carbocycles. The van der Waals surface area contributed by atoms with Crippen LogP contribution < -0.4 is 5.32 Å². The molecule has 0 radical (unpaired) electrons. The van der Waals surface area contributed by atoms with Crippen molar-refractivity contribution in [1.82, 2.24) is 15.5 Å². The molecule has 0 spiro atoms. The minimum atomic E-state index is -0.0706. The average molecular weight is 167 g/mol. The Morgan fingerprint density at radius 2 is 2.50 bits per heavy atom. The number of aromatic nitrogens is 2. The molecule has 2 heterocycles. The van der Waals surface area contributed by atoms with Gasteiger partial charge in [0.25, 0.3) is 0 Å². The highest BCUT2D eigenvalue weighted by Crippen LogP contribution is 2.18. The summed E-state index contributed by atoms with van der Waals surface area (Å²) in [5.41, 5.74) is 0. The van der Waals surface area contributed by atoms with E-state index in [1.54, 1.807) is 6.92 Å². The van der Waals surface area contributed by atoms with Crippen molar-refractivity contribution in [3.63, 3.8) is 0 Å². The molecule has 1 N–H and O–H groups in total. The van der Waals surface area contributed by atoms with Gasteiger partial charge < -0.3 is 4.52 Å². The van der Waals surface area contributed by atoms with Crippen LogP contribution in [0.1, 0.15) is 24.2 Å². The summed E-state index contributed by atoms with van der Waals surface area (Å²) in [5.74, 6) is 1.31. The van der Waals surface area contributed by atoms with Gasteiger partial charge in [-0.15, -0.1) is 0 Å². The van der Waals surface area contributed by atoms with E-state index in [0.717, 1.165) is 0 Å². The molecule has 2 rings (SSSR count). The minimum absolute atomic E-state index is 0.0706. The molecule has 0 aliphatic carbocycles. The summed E-state index contributed by atoms with van der Waals surface area (Å²) >= 11 is 0. The third-order valence-electron chi connectivity index (χ3n) is 1.82. The number of aryl methyl sites for hydroxylation is 1. The van der Waals surface area contributed by atoms with Crippen molar-refractivity contribution in [3.05, 3.63) is 11.7 Å². The van der Waals surface area contributed by atoms with Crippen molar-refractivity contribution in [2.75, 3.05) is 6.54 Å². The molecule has 5 heteroatoms. The van der Waals surface area contributed by atoms with Crippen LogP contribution in [0.3, 0.4) is 0 Å². The first-order valence-electron chi connectivity index (χ1n) is 3.81. The number of rotatable bonds is 1. The monoisotopic (exact) mass is 167 g/mol. The lowest BCUT2D eigenvalue weighted by atomic mass is 10.2. The van der Waals surface area contributed by atoms with E-state index in [4.69, 9.17) is 4.52 Å². The molecule has 1 aliphatic rings. The van der Waals surface area contributed by atoms with Crippen molar-refractivity contribution in [1.29, 1.82) is 0 Å². The van der Waals surface area contributed by atoms with Crippen LogP contribution in [0.4, 0.5) is 0 Å². The maximum Gasteiger partial charge on any atom is 0.244 e. The van der Waals surface area contributed by atoms with E-state index in [0.29, 0.717) is 24.7 Å². The second-order valence-electron chi connectivity index (χ2n) is 2.86. The second kappa shape index (κ2) is 2.67. The van der Waals surface area contributed by atoms with Gasteiger partial charge in [0.05, 0.1) is 12.6 Å². The van der Waals surface area contributed by atoms with Gasteiger partial charge in [0, 0.05) is 6.42 Å². The highest BCUT2D eigenvalue weighted by molar-refractivity contribution is 5.83. The van der Waals surface area contributed by atoms with Crippen molar-refractivity contribution >= 4 is 5.78 Å². The van der Waals surface area contributed by atoms with E-state index in [-0.39, 0.29) is 11.8 Å². The molecule has 0 unspecified atom stereocenters. The molecule has 1 aromatic rings. The second-order valence-corrected chi connectivity index (χ2v) is 2.86. The highest BCUT2D eigenvalue weighted by atomic mass is 16.5. The van der Waals surface area contributed by atoms with Crippen molar-refractivity contribution in [2.45, 2.75) is 19.4 Å². The predicted molar refractivity (Wildman–Crippen MR) is 39.4 cm³/mol. The van der Waals surface area contributed by atoms with E-state index >= 15 is 0 Å². The number of carbonyl (C=O) groups excluding carboxylic acids is 1. The molecule has 1 fully saturated rings. The van der Waals surface area contributed by atoms with Crippen LogP contribution in [-0.4, -0.2) is 22.5 Å². The summed E-state index contributed by atoms with van der Waals surface area (Å²) in [6.45, 7) is 2.16. The van der Waals surface area contributed by atoms with E-state index in [9.17, 15) is 4.79 Å². The fourth-order valence-electron chi connectivity index (χ4n) is 1.24. The molecule has 1 atom stereocenters. The van der Waals surface area contributed by atoms with Gasteiger partial charge in [-0.2, -0.15) is 4.98 Å². The van der Waals surface area contributed by atoms with Gasteiger partial charge in [0.2, 0.25) is 5.89 Å². The summed E-state index contributed by atoms with van der Waals surface area (Å²) in [6, 6.07) is -0.0706. The fourth-order valence-corrected chi connectivity index (χ4v) is 1.24. The van der Waals surface area contributed by atoms with Crippen molar-refractivity contribution in [3.8, 4) is 0 Å². The van der Waals surface area contributed by atoms with Gasteiger partial charge in [0.1, 0.15) is 5.78 Å². The predicted octanol–water partition coefficient (Wildman–Crippen LogP) is -0.0185.